The van der Waals surface area contributed by atoms with Crippen molar-refractivity contribution in [1.82, 2.24) is 9.78 Å². The van der Waals surface area contributed by atoms with Crippen LogP contribution in [0.2, 0.25) is 0 Å². The van der Waals surface area contributed by atoms with Gasteiger partial charge in [0.15, 0.2) is 6.61 Å². The summed E-state index contributed by atoms with van der Waals surface area (Å²) in [5.74, 6) is -0.696. The Kier molecular flexibility index (Phi) is 4.21. The number of carbonyl (C=O) groups is 1. The quantitative estimate of drug-likeness (QED) is 0.918. The van der Waals surface area contributed by atoms with Crippen molar-refractivity contribution in [3.63, 3.8) is 0 Å². The Hall–Kier alpha value is -1.82. The molecule has 0 aliphatic rings. The molecule has 19 heavy (non-hydrogen) atoms. The molecule has 2 rings (SSSR count). The third kappa shape index (κ3) is 3.35. The highest BCUT2D eigenvalue weighted by Crippen LogP contribution is 2.19. The third-order valence-electron chi connectivity index (χ3n) is 2.54. The van der Waals surface area contributed by atoms with Gasteiger partial charge in [0.05, 0.1) is 5.69 Å². The number of halogens is 1. The summed E-state index contributed by atoms with van der Waals surface area (Å²) in [5, 5.41) is 12.9. The van der Waals surface area contributed by atoms with E-state index in [-0.39, 0.29) is 6.61 Å². The largest absolute Gasteiger partial charge is 0.479 e. The lowest BCUT2D eigenvalue weighted by Gasteiger charge is -2.05. The molecule has 100 valence electrons. The van der Waals surface area contributed by atoms with Crippen LogP contribution in [0.4, 0.5) is 0 Å². The van der Waals surface area contributed by atoms with E-state index in [1.54, 1.807) is 10.7 Å². The number of aromatic nitrogens is 2. The van der Waals surface area contributed by atoms with E-state index in [1.807, 2.05) is 31.2 Å². The number of nitrogens with zero attached hydrogens (tertiary/aromatic N) is 2. The minimum atomic E-state index is -1.02. The van der Waals surface area contributed by atoms with E-state index in [0.29, 0.717) is 5.88 Å². The van der Waals surface area contributed by atoms with E-state index in [9.17, 15) is 4.79 Å². The third-order valence-corrected chi connectivity index (χ3v) is 3.07. The van der Waals surface area contributed by atoms with Gasteiger partial charge in [-0.15, -0.1) is 5.10 Å². The Morgan fingerprint density at radius 1 is 1.42 bits per heavy atom. The number of carboxylic acid groups (broad SMARTS) is 1. The normalized spacial score (nSPS) is 10.4. The number of rotatable bonds is 5. The summed E-state index contributed by atoms with van der Waals surface area (Å²) in [6, 6.07) is 9.46. The zero-order chi connectivity index (χ0) is 13.8. The molecule has 0 saturated heterocycles. The Morgan fingerprint density at radius 2 is 2.11 bits per heavy atom. The van der Waals surface area contributed by atoms with Crippen molar-refractivity contribution in [2.45, 2.75) is 13.3 Å². The smallest absolute Gasteiger partial charge is 0.341 e. The van der Waals surface area contributed by atoms with Crippen molar-refractivity contribution < 1.29 is 14.6 Å². The fourth-order valence-electron chi connectivity index (χ4n) is 1.66. The van der Waals surface area contributed by atoms with E-state index >= 15 is 0 Å². The Bertz CT molecular complexity index is 578. The minimum absolute atomic E-state index is 0.321. The zero-order valence-electron chi connectivity index (χ0n) is 10.3. The van der Waals surface area contributed by atoms with Crippen LogP contribution in [0.1, 0.15) is 12.6 Å². The molecule has 0 radical (unpaired) electrons. The van der Waals surface area contributed by atoms with E-state index in [2.05, 4.69) is 21.0 Å². The Labute approximate surface area is 118 Å². The minimum Gasteiger partial charge on any atom is -0.479 e. The molecule has 1 N–H and O–H groups in total. The molecular weight excluding hydrogens is 312 g/mol. The summed E-state index contributed by atoms with van der Waals surface area (Å²) in [4.78, 5) is 10.5. The number of carboxylic acids is 1. The summed E-state index contributed by atoms with van der Waals surface area (Å²) in [5.41, 5.74) is 1.87. The summed E-state index contributed by atoms with van der Waals surface area (Å²) >= 11 is 3.38. The predicted octanol–water partition coefficient (Wildman–Crippen LogP) is 2.66. The summed E-state index contributed by atoms with van der Waals surface area (Å²) in [6.45, 7) is 1.62. The van der Waals surface area contributed by atoms with Crippen LogP contribution in [-0.2, 0) is 11.2 Å². The topological polar surface area (TPSA) is 64.3 Å². The van der Waals surface area contributed by atoms with Gasteiger partial charge >= 0.3 is 5.97 Å². The highest BCUT2D eigenvalue weighted by Gasteiger charge is 2.10. The lowest BCUT2D eigenvalue weighted by Crippen LogP contribution is -2.10. The maximum Gasteiger partial charge on any atom is 0.341 e. The Morgan fingerprint density at radius 3 is 2.68 bits per heavy atom. The van der Waals surface area contributed by atoms with Crippen molar-refractivity contribution in [3.8, 4) is 11.6 Å². The van der Waals surface area contributed by atoms with Crippen LogP contribution in [0.3, 0.4) is 0 Å². The average molecular weight is 325 g/mol. The van der Waals surface area contributed by atoms with Gasteiger partial charge in [-0.1, -0.05) is 22.9 Å². The fraction of sp³-hybridized carbons (Fsp3) is 0.231. The zero-order valence-corrected chi connectivity index (χ0v) is 11.9. The molecule has 0 fully saturated rings. The number of hydrogen-bond donors (Lipinski definition) is 1. The fourth-order valence-corrected chi connectivity index (χ4v) is 1.92. The van der Waals surface area contributed by atoms with Crippen LogP contribution >= 0.6 is 15.9 Å². The van der Waals surface area contributed by atoms with Crippen LogP contribution in [0.15, 0.2) is 34.8 Å². The van der Waals surface area contributed by atoms with Crippen LogP contribution in [0.25, 0.3) is 5.69 Å². The SMILES string of the molecule is CCc1cc(OCC(=O)O)nn1-c1ccc(Br)cc1. The van der Waals surface area contributed by atoms with Crippen molar-refractivity contribution in [1.29, 1.82) is 0 Å². The number of aliphatic carboxylic acids is 1. The maximum atomic E-state index is 10.5. The van der Waals surface area contributed by atoms with Crippen LogP contribution < -0.4 is 4.74 Å². The summed E-state index contributed by atoms with van der Waals surface area (Å²) in [7, 11) is 0. The van der Waals surface area contributed by atoms with Gasteiger partial charge in [-0.25, -0.2) is 9.48 Å². The monoisotopic (exact) mass is 324 g/mol. The molecule has 0 aliphatic carbocycles. The lowest BCUT2D eigenvalue weighted by molar-refractivity contribution is -0.139. The van der Waals surface area contributed by atoms with Crippen molar-refractivity contribution in [3.05, 3.63) is 40.5 Å². The number of hydrogen-bond acceptors (Lipinski definition) is 3. The second-order valence-corrected chi connectivity index (χ2v) is 4.81. The van der Waals surface area contributed by atoms with Crippen LogP contribution in [-0.4, -0.2) is 27.5 Å². The molecule has 0 unspecified atom stereocenters. The van der Waals surface area contributed by atoms with Crippen molar-refractivity contribution >= 4 is 21.9 Å². The molecular formula is C13H13BrN2O3. The van der Waals surface area contributed by atoms with E-state index in [1.165, 1.54) is 0 Å². The molecule has 0 atom stereocenters. The standard InChI is InChI=1S/C13H13BrN2O3/c1-2-10-7-12(19-8-13(17)18)15-16(10)11-5-3-9(14)4-6-11/h3-7H,2,8H2,1H3,(H,17,18). The molecule has 1 aromatic heterocycles. The molecule has 0 saturated carbocycles. The Balaban J connectivity index is 2.28. The first-order chi connectivity index (χ1) is 9.10. The van der Waals surface area contributed by atoms with Gasteiger partial charge in [0, 0.05) is 16.2 Å². The number of aryl methyl sites for hydroxylation is 1. The molecule has 0 bridgehead atoms. The van der Waals surface area contributed by atoms with Crippen molar-refractivity contribution in [2.24, 2.45) is 0 Å². The average Bonchev–Trinajstić information content (AvgIpc) is 2.80. The lowest BCUT2D eigenvalue weighted by atomic mass is 10.3. The van der Waals surface area contributed by atoms with Gasteiger partial charge in [-0.2, -0.15) is 0 Å². The number of ether oxygens (including phenoxy) is 1. The van der Waals surface area contributed by atoms with Crippen LogP contribution in [0, 0.1) is 0 Å². The molecule has 0 spiro atoms. The second kappa shape index (κ2) is 5.88. The van der Waals surface area contributed by atoms with Crippen LogP contribution in [0.5, 0.6) is 5.88 Å². The first-order valence-electron chi connectivity index (χ1n) is 5.79. The molecule has 5 nitrogen and oxygen atoms in total. The molecule has 1 heterocycles. The molecule has 0 amide bonds. The maximum absolute atomic E-state index is 10.5. The molecule has 0 aliphatic heterocycles. The molecule has 6 heteroatoms. The van der Waals surface area contributed by atoms with Gasteiger partial charge in [-0.05, 0) is 30.7 Å². The number of benzene rings is 1. The van der Waals surface area contributed by atoms with Gasteiger partial charge < -0.3 is 9.84 Å². The predicted molar refractivity (Wildman–Crippen MR) is 73.8 cm³/mol. The first-order valence-corrected chi connectivity index (χ1v) is 6.59. The molecule has 1 aromatic carbocycles. The van der Waals surface area contributed by atoms with Gasteiger partial charge in [0.1, 0.15) is 0 Å². The van der Waals surface area contributed by atoms with E-state index in [4.69, 9.17) is 9.84 Å². The molecule has 2 aromatic rings. The van der Waals surface area contributed by atoms with E-state index in [0.717, 1.165) is 22.3 Å². The van der Waals surface area contributed by atoms with Gasteiger partial charge in [0.2, 0.25) is 5.88 Å². The summed E-state index contributed by atoms with van der Waals surface area (Å²) in [6.07, 6.45) is 0.777. The summed E-state index contributed by atoms with van der Waals surface area (Å²) < 4.78 is 7.84. The first kappa shape index (κ1) is 13.6. The highest BCUT2D eigenvalue weighted by atomic mass is 79.9. The highest BCUT2D eigenvalue weighted by molar-refractivity contribution is 9.10. The van der Waals surface area contributed by atoms with Gasteiger partial charge in [-0.3, -0.25) is 0 Å². The van der Waals surface area contributed by atoms with Crippen molar-refractivity contribution in [2.75, 3.05) is 6.61 Å². The van der Waals surface area contributed by atoms with E-state index < -0.39 is 5.97 Å². The second-order valence-electron chi connectivity index (χ2n) is 3.90. The van der Waals surface area contributed by atoms with Gasteiger partial charge in [0.25, 0.3) is 0 Å².